The Hall–Kier alpha value is -0.625. The van der Waals surface area contributed by atoms with Gasteiger partial charge < -0.3 is 26.2 Å². The van der Waals surface area contributed by atoms with E-state index >= 15 is 0 Å². The van der Waals surface area contributed by atoms with Gasteiger partial charge in [0.2, 0.25) is 0 Å². The zero-order valence-corrected chi connectivity index (χ0v) is 8.52. The zero-order valence-electron chi connectivity index (χ0n) is 8.52. The number of hydrogen-bond donors (Lipinski definition) is 5. The second-order valence-corrected chi connectivity index (χ2v) is 4.09. The first-order chi connectivity index (χ1) is 7.02. The molecule has 1 aliphatic rings. The highest BCUT2D eigenvalue weighted by atomic mass is 16.4. The van der Waals surface area contributed by atoms with Crippen molar-refractivity contribution in [1.82, 2.24) is 5.32 Å². The number of nitrogens with one attached hydrogen (secondary N) is 1. The lowest BCUT2D eigenvalue weighted by atomic mass is 9.68. The van der Waals surface area contributed by atoms with E-state index in [1.807, 2.05) is 0 Å². The molecule has 0 saturated carbocycles. The lowest BCUT2D eigenvalue weighted by Crippen LogP contribution is -2.68. The number of hydrogen-bond acceptors (Lipinski definition) is 5. The van der Waals surface area contributed by atoms with E-state index in [-0.39, 0.29) is 6.32 Å². The zero-order chi connectivity index (χ0) is 11.5. The van der Waals surface area contributed by atoms with Crippen LogP contribution in [0.3, 0.4) is 0 Å². The molecule has 0 spiro atoms. The third-order valence-electron chi connectivity index (χ3n) is 3.06. The molecule has 0 amide bonds. The van der Waals surface area contributed by atoms with Crippen molar-refractivity contribution in [3.8, 4) is 0 Å². The molecule has 0 aromatic carbocycles. The van der Waals surface area contributed by atoms with E-state index in [4.69, 9.17) is 20.9 Å². The molecule has 7 heteroatoms. The summed E-state index contributed by atoms with van der Waals surface area (Å²) in [5.74, 6) is -0.892. The van der Waals surface area contributed by atoms with E-state index in [1.54, 1.807) is 0 Å². The Morgan fingerprint density at radius 1 is 1.60 bits per heavy atom. The van der Waals surface area contributed by atoms with Crippen LogP contribution in [0.2, 0.25) is 6.32 Å². The number of rotatable bonds is 6. The van der Waals surface area contributed by atoms with Crippen LogP contribution in [0.1, 0.15) is 12.8 Å². The second-order valence-electron chi connectivity index (χ2n) is 4.09. The molecule has 15 heavy (non-hydrogen) atoms. The van der Waals surface area contributed by atoms with Gasteiger partial charge in [-0.1, -0.05) is 6.42 Å². The topological polar surface area (TPSA) is 116 Å². The summed E-state index contributed by atoms with van der Waals surface area (Å²) in [4.78, 5) is 10.8. The van der Waals surface area contributed by atoms with Gasteiger partial charge in [0.05, 0.1) is 0 Å². The maximum Gasteiger partial charge on any atom is 0.451 e. The molecule has 1 fully saturated rings. The minimum Gasteiger partial charge on any atom is -0.480 e. The number of carbonyl (C=O) groups is 1. The third-order valence-corrected chi connectivity index (χ3v) is 3.06. The summed E-state index contributed by atoms with van der Waals surface area (Å²) >= 11 is 0. The highest BCUT2D eigenvalue weighted by Gasteiger charge is 2.49. The molecule has 0 bridgehead atoms. The highest BCUT2D eigenvalue weighted by Crippen LogP contribution is 2.34. The highest BCUT2D eigenvalue weighted by molar-refractivity contribution is 6.40. The first-order valence-electron chi connectivity index (χ1n) is 5.04. The normalized spacial score (nSPS) is 29.7. The molecule has 1 heterocycles. The van der Waals surface area contributed by atoms with Crippen molar-refractivity contribution in [2.24, 2.45) is 11.1 Å². The smallest absolute Gasteiger partial charge is 0.451 e. The van der Waals surface area contributed by atoms with Gasteiger partial charge in [0.1, 0.15) is 6.04 Å². The van der Waals surface area contributed by atoms with Crippen molar-refractivity contribution in [1.29, 1.82) is 0 Å². The van der Waals surface area contributed by atoms with Crippen LogP contribution >= 0.6 is 0 Å². The number of nitrogens with two attached hydrogens (primary N) is 1. The summed E-state index contributed by atoms with van der Waals surface area (Å²) in [5.41, 5.74) is 5.17. The molecule has 0 aliphatic carbocycles. The fourth-order valence-corrected chi connectivity index (χ4v) is 2.00. The molecule has 2 unspecified atom stereocenters. The first-order valence-corrected chi connectivity index (χ1v) is 5.04. The summed E-state index contributed by atoms with van der Waals surface area (Å²) in [6.45, 7) is 0.889. The first kappa shape index (κ1) is 12.4. The van der Waals surface area contributed by atoms with Crippen molar-refractivity contribution in [3.63, 3.8) is 0 Å². The average molecular weight is 216 g/mol. The molecule has 1 saturated heterocycles. The summed E-state index contributed by atoms with van der Waals surface area (Å²) in [6, 6.07) is -0.599. The van der Waals surface area contributed by atoms with Gasteiger partial charge in [-0.2, -0.15) is 0 Å². The Bertz CT molecular complexity index is 235. The van der Waals surface area contributed by atoms with E-state index in [0.717, 1.165) is 0 Å². The minimum absolute atomic E-state index is 0.258. The summed E-state index contributed by atoms with van der Waals surface area (Å²) in [7, 11) is -1.32. The fraction of sp³-hybridized carbons (Fsp3) is 0.875. The van der Waals surface area contributed by atoms with Gasteiger partial charge >= 0.3 is 13.1 Å². The van der Waals surface area contributed by atoms with Crippen molar-refractivity contribution < 1.29 is 19.9 Å². The van der Waals surface area contributed by atoms with Crippen LogP contribution in [-0.2, 0) is 4.79 Å². The second kappa shape index (κ2) is 4.93. The summed E-state index contributed by atoms with van der Waals surface area (Å²) in [6.07, 6.45) is 1.43. The van der Waals surface area contributed by atoms with Crippen molar-refractivity contribution in [3.05, 3.63) is 0 Å². The van der Waals surface area contributed by atoms with Gasteiger partial charge in [-0.3, -0.25) is 4.79 Å². The van der Waals surface area contributed by atoms with Crippen LogP contribution in [0.5, 0.6) is 0 Å². The van der Waals surface area contributed by atoms with Gasteiger partial charge in [0, 0.05) is 18.5 Å². The lowest BCUT2D eigenvalue weighted by molar-refractivity contribution is -0.148. The van der Waals surface area contributed by atoms with Crippen LogP contribution in [0.15, 0.2) is 0 Å². The van der Waals surface area contributed by atoms with E-state index < -0.39 is 24.5 Å². The molecule has 6 N–H and O–H groups in total. The molecule has 6 nitrogen and oxygen atoms in total. The number of aliphatic carboxylic acids is 1. The third kappa shape index (κ3) is 2.69. The Balaban J connectivity index is 2.44. The standard InChI is InChI=1S/C8H17BN2O4/c10-4-8(2-1-3-9(14)15)5-11-6(8)7(12)13/h6,11,14-15H,1-5,10H2,(H,12,13). The van der Waals surface area contributed by atoms with E-state index in [0.29, 0.717) is 25.9 Å². The maximum absolute atomic E-state index is 10.8. The average Bonchev–Trinajstić information content (AvgIpc) is 2.09. The van der Waals surface area contributed by atoms with Gasteiger partial charge in [0.25, 0.3) is 0 Å². The largest absolute Gasteiger partial charge is 0.480 e. The molecule has 0 aromatic heterocycles. The molecular weight excluding hydrogens is 199 g/mol. The van der Waals surface area contributed by atoms with E-state index in [2.05, 4.69) is 5.32 Å². The molecular formula is C8H17BN2O4. The van der Waals surface area contributed by atoms with Crippen LogP contribution in [0.25, 0.3) is 0 Å². The minimum atomic E-state index is -1.32. The van der Waals surface area contributed by atoms with Crippen LogP contribution in [-0.4, -0.2) is 47.4 Å². The van der Waals surface area contributed by atoms with Gasteiger partial charge in [0.15, 0.2) is 0 Å². The molecule has 1 aliphatic heterocycles. The van der Waals surface area contributed by atoms with E-state index in [9.17, 15) is 4.79 Å². The van der Waals surface area contributed by atoms with Crippen LogP contribution < -0.4 is 11.1 Å². The lowest BCUT2D eigenvalue weighted by Gasteiger charge is -2.47. The molecule has 0 aromatic rings. The van der Waals surface area contributed by atoms with Crippen molar-refractivity contribution in [2.75, 3.05) is 13.1 Å². The number of carboxylic acid groups (broad SMARTS) is 1. The predicted molar refractivity (Wildman–Crippen MR) is 55.1 cm³/mol. The monoisotopic (exact) mass is 216 g/mol. The molecule has 1 rings (SSSR count). The van der Waals surface area contributed by atoms with Gasteiger partial charge in [-0.15, -0.1) is 0 Å². The van der Waals surface area contributed by atoms with E-state index in [1.165, 1.54) is 0 Å². The van der Waals surface area contributed by atoms with Gasteiger partial charge in [-0.05, 0) is 12.7 Å². The maximum atomic E-state index is 10.8. The quantitative estimate of drug-likeness (QED) is 0.336. The Labute approximate surface area is 88.6 Å². The SMILES string of the molecule is NCC1(CCCB(O)O)CNC1C(=O)O. The molecule has 2 atom stereocenters. The van der Waals surface area contributed by atoms with Crippen LogP contribution in [0, 0.1) is 5.41 Å². The van der Waals surface area contributed by atoms with Crippen molar-refractivity contribution in [2.45, 2.75) is 25.2 Å². The molecule has 0 radical (unpaired) electrons. The summed E-state index contributed by atoms with van der Waals surface area (Å²) in [5, 5.41) is 29.1. The molecule has 86 valence electrons. The fourth-order valence-electron chi connectivity index (χ4n) is 2.00. The summed E-state index contributed by atoms with van der Waals surface area (Å²) < 4.78 is 0. The van der Waals surface area contributed by atoms with Gasteiger partial charge in [-0.25, -0.2) is 0 Å². The van der Waals surface area contributed by atoms with Crippen molar-refractivity contribution >= 4 is 13.1 Å². The Kier molecular flexibility index (Phi) is 4.09. The Morgan fingerprint density at radius 3 is 2.60 bits per heavy atom. The number of carboxylic acids is 1. The van der Waals surface area contributed by atoms with Crippen LogP contribution in [0.4, 0.5) is 0 Å². The Morgan fingerprint density at radius 2 is 2.27 bits per heavy atom. The predicted octanol–water partition coefficient (Wildman–Crippen LogP) is -1.76.